The van der Waals surface area contributed by atoms with Crippen molar-refractivity contribution in [1.82, 2.24) is 4.31 Å². The molecular formula is C10H14N2O3S. The van der Waals surface area contributed by atoms with Gasteiger partial charge in [-0.3, -0.25) is 4.79 Å². The van der Waals surface area contributed by atoms with Crippen LogP contribution in [-0.4, -0.2) is 32.7 Å². The van der Waals surface area contributed by atoms with Crippen LogP contribution in [0.25, 0.3) is 0 Å². The molecule has 0 aliphatic rings. The Labute approximate surface area is 94.9 Å². The largest absolute Gasteiger partial charge is 0.366 e. The van der Waals surface area contributed by atoms with E-state index >= 15 is 0 Å². The summed E-state index contributed by atoms with van der Waals surface area (Å²) >= 11 is 0. The van der Waals surface area contributed by atoms with Gasteiger partial charge in [0.2, 0.25) is 15.9 Å². The Morgan fingerprint density at radius 1 is 1.31 bits per heavy atom. The second-order valence-corrected chi connectivity index (χ2v) is 5.75. The van der Waals surface area contributed by atoms with Crippen LogP contribution >= 0.6 is 0 Å². The first-order valence-corrected chi connectivity index (χ1v) is 6.04. The van der Waals surface area contributed by atoms with Crippen molar-refractivity contribution in [3.05, 3.63) is 29.3 Å². The molecule has 1 aromatic carbocycles. The van der Waals surface area contributed by atoms with Gasteiger partial charge in [0.15, 0.2) is 0 Å². The van der Waals surface area contributed by atoms with E-state index in [2.05, 4.69) is 0 Å². The first-order valence-electron chi connectivity index (χ1n) is 4.60. The summed E-state index contributed by atoms with van der Waals surface area (Å²) < 4.78 is 24.9. The maximum Gasteiger partial charge on any atom is 0.248 e. The van der Waals surface area contributed by atoms with Crippen molar-refractivity contribution in [1.29, 1.82) is 0 Å². The van der Waals surface area contributed by atoms with Crippen LogP contribution in [0, 0.1) is 6.92 Å². The average molecular weight is 242 g/mol. The number of hydrogen-bond acceptors (Lipinski definition) is 3. The number of amides is 1. The van der Waals surface area contributed by atoms with Gasteiger partial charge < -0.3 is 5.73 Å². The molecule has 0 saturated heterocycles. The molecule has 16 heavy (non-hydrogen) atoms. The Hall–Kier alpha value is -1.40. The maximum atomic E-state index is 11.9. The molecule has 0 bridgehead atoms. The molecule has 6 heteroatoms. The minimum atomic E-state index is -3.54. The smallest absolute Gasteiger partial charge is 0.248 e. The quantitative estimate of drug-likeness (QED) is 0.830. The molecule has 2 N–H and O–H groups in total. The molecule has 0 aliphatic carbocycles. The van der Waals surface area contributed by atoms with Gasteiger partial charge in [0, 0.05) is 19.7 Å². The molecular weight excluding hydrogens is 228 g/mol. The van der Waals surface area contributed by atoms with Gasteiger partial charge >= 0.3 is 0 Å². The lowest BCUT2D eigenvalue weighted by molar-refractivity contribution is 0.1000. The van der Waals surface area contributed by atoms with Gasteiger partial charge in [0.25, 0.3) is 0 Å². The lowest BCUT2D eigenvalue weighted by Gasteiger charge is -2.14. The molecule has 1 rings (SSSR count). The van der Waals surface area contributed by atoms with E-state index in [1.54, 1.807) is 13.0 Å². The summed E-state index contributed by atoms with van der Waals surface area (Å²) in [5.74, 6) is -0.643. The first kappa shape index (κ1) is 12.7. The van der Waals surface area contributed by atoms with Crippen LogP contribution in [0.2, 0.25) is 0 Å². The van der Waals surface area contributed by atoms with Crippen molar-refractivity contribution in [3.8, 4) is 0 Å². The molecule has 1 amide bonds. The molecule has 0 aromatic heterocycles. The van der Waals surface area contributed by atoms with Crippen LogP contribution in [0.4, 0.5) is 0 Å². The highest BCUT2D eigenvalue weighted by atomic mass is 32.2. The Balaban J connectivity index is 3.45. The summed E-state index contributed by atoms with van der Waals surface area (Å²) in [4.78, 5) is 11.1. The summed E-state index contributed by atoms with van der Waals surface area (Å²) in [7, 11) is -0.666. The zero-order chi connectivity index (χ0) is 12.5. The normalized spacial score (nSPS) is 11.8. The third-order valence-electron chi connectivity index (χ3n) is 2.23. The Kier molecular flexibility index (Phi) is 3.35. The Morgan fingerprint density at radius 3 is 2.31 bits per heavy atom. The second-order valence-electron chi connectivity index (χ2n) is 3.63. The highest BCUT2D eigenvalue weighted by molar-refractivity contribution is 7.89. The highest BCUT2D eigenvalue weighted by Crippen LogP contribution is 2.19. The highest BCUT2D eigenvalue weighted by Gasteiger charge is 2.20. The lowest BCUT2D eigenvalue weighted by atomic mass is 10.1. The van der Waals surface area contributed by atoms with Crippen LogP contribution in [-0.2, 0) is 10.0 Å². The summed E-state index contributed by atoms with van der Waals surface area (Å²) in [5.41, 5.74) is 5.87. The zero-order valence-electron chi connectivity index (χ0n) is 9.39. The molecule has 0 radical (unpaired) electrons. The summed E-state index contributed by atoms with van der Waals surface area (Å²) in [5, 5.41) is 0. The SMILES string of the molecule is Cc1ccc(C(N)=O)cc1S(=O)(=O)N(C)C. The molecule has 88 valence electrons. The fraction of sp³-hybridized carbons (Fsp3) is 0.300. The summed E-state index contributed by atoms with van der Waals surface area (Å²) in [6, 6.07) is 4.37. The van der Waals surface area contributed by atoms with Crippen molar-refractivity contribution in [2.24, 2.45) is 5.73 Å². The van der Waals surface area contributed by atoms with Crippen LogP contribution < -0.4 is 5.73 Å². The fourth-order valence-electron chi connectivity index (χ4n) is 1.23. The number of primary amides is 1. The third-order valence-corrected chi connectivity index (χ3v) is 4.19. The van der Waals surface area contributed by atoms with Crippen molar-refractivity contribution < 1.29 is 13.2 Å². The first-order chi connectivity index (χ1) is 7.26. The maximum absolute atomic E-state index is 11.9. The standard InChI is InChI=1S/C10H14N2O3S/c1-7-4-5-8(10(11)13)6-9(7)16(14,15)12(2)3/h4-6H,1-3H3,(H2,11,13). The van der Waals surface area contributed by atoms with E-state index in [0.29, 0.717) is 5.56 Å². The van der Waals surface area contributed by atoms with Gasteiger partial charge in [0.05, 0.1) is 4.90 Å². The minimum Gasteiger partial charge on any atom is -0.366 e. The predicted octanol–water partition coefficient (Wildman–Crippen LogP) is 0.344. The van der Waals surface area contributed by atoms with E-state index in [9.17, 15) is 13.2 Å². The van der Waals surface area contributed by atoms with E-state index in [0.717, 1.165) is 4.31 Å². The monoisotopic (exact) mass is 242 g/mol. The number of nitrogens with two attached hydrogens (primary N) is 1. The van der Waals surface area contributed by atoms with Gasteiger partial charge in [0.1, 0.15) is 0 Å². The average Bonchev–Trinajstić information content (AvgIpc) is 2.17. The molecule has 0 fully saturated rings. The number of carbonyl (C=O) groups is 1. The van der Waals surface area contributed by atoms with Gasteiger partial charge in [-0.2, -0.15) is 0 Å². The Morgan fingerprint density at radius 2 is 1.88 bits per heavy atom. The Bertz CT molecular complexity index is 521. The number of benzene rings is 1. The molecule has 0 atom stereocenters. The van der Waals surface area contributed by atoms with Gasteiger partial charge in [-0.1, -0.05) is 6.07 Å². The molecule has 1 aromatic rings. The number of hydrogen-bond donors (Lipinski definition) is 1. The second kappa shape index (κ2) is 4.23. The summed E-state index contributed by atoms with van der Waals surface area (Å²) in [6.07, 6.45) is 0. The summed E-state index contributed by atoms with van der Waals surface area (Å²) in [6.45, 7) is 1.67. The molecule has 0 saturated carbocycles. The van der Waals surface area contributed by atoms with Crippen molar-refractivity contribution in [3.63, 3.8) is 0 Å². The number of carbonyl (C=O) groups excluding carboxylic acids is 1. The molecule has 0 spiro atoms. The predicted molar refractivity (Wildman–Crippen MR) is 60.6 cm³/mol. The van der Waals surface area contributed by atoms with Gasteiger partial charge in [-0.05, 0) is 24.6 Å². The molecule has 5 nitrogen and oxygen atoms in total. The van der Waals surface area contributed by atoms with E-state index < -0.39 is 15.9 Å². The van der Waals surface area contributed by atoms with Crippen LogP contribution in [0.15, 0.2) is 23.1 Å². The van der Waals surface area contributed by atoms with E-state index in [-0.39, 0.29) is 10.5 Å². The number of aryl methyl sites for hydroxylation is 1. The number of rotatable bonds is 3. The lowest BCUT2D eigenvalue weighted by Crippen LogP contribution is -2.23. The van der Waals surface area contributed by atoms with Crippen LogP contribution in [0.3, 0.4) is 0 Å². The van der Waals surface area contributed by atoms with Crippen molar-refractivity contribution >= 4 is 15.9 Å². The molecule has 0 heterocycles. The van der Waals surface area contributed by atoms with Crippen molar-refractivity contribution in [2.45, 2.75) is 11.8 Å². The topological polar surface area (TPSA) is 80.5 Å². The molecule has 0 aliphatic heterocycles. The van der Waals surface area contributed by atoms with Crippen molar-refractivity contribution in [2.75, 3.05) is 14.1 Å². The minimum absolute atomic E-state index is 0.105. The van der Waals surface area contributed by atoms with Crippen LogP contribution in [0.5, 0.6) is 0 Å². The van der Waals surface area contributed by atoms with E-state index in [4.69, 9.17) is 5.73 Å². The number of nitrogens with zero attached hydrogens (tertiary/aromatic N) is 1. The van der Waals surface area contributed by atoms with Crippen LogP contribution in [0.1, 0.15) is 15.9 Å². The third kappa shape index (κ3) is 2.23. The fourth-order valence-corrected chi connectivity index (χ4v) is 2.37. The van der Waals surface area contributed by atoms with E-state index in [1.165, 1.54) is 26.2 Å². The van der Waals surface area contributed by atoms with Gasteiger partial charge in [-0.25, -0.2) is 12.7 Å². The molecule has 0 unspecified atom stereocenters. The number of sulfonamides is 1. The van der Waals surface area contributed by atoms with E-state index in [1.807, 2.05) is 0 Å². The van der Waals surface area contributed by atoms with Gasteiger partial charge in [-0.15, -0.1) is 0 Å². The zero-order valence-corrected chi connectivity index (χ0v) is 10.2.